The number of piperazine rings is 1. The van der Waals surface area contributed by atoms with E-state index in [1.807, 2.05) is 18.2 Å². The molecule has 1 fully saturated rings. The number of rotatable bonds is 7. The molecular formula is C21H26FN3O3S. The Labute approximate surface area is 171 Å². The molecule has 0 unspecified atom stereocenters. The molecule has 6 nitrogen and oxygen atoms in total. The van der Waals surface area contributed by atoms with E-state index >= 15 is 0 Å². The van der Waals surface area contributed by atoms with Crippen molar-refractivity contribution in [1.82, 2.24) is 14.1 Å². The highest BCUT2D eigenvalue weighted by molar-refractivity contribution is 7.88. The smallest absolute Gasteiger partial charge is 0.237 e. The molecule has 1 aliphatic heterocycles. The third kappa shape index (κ3) is 6.35. The van der Waals surface area contributed by atoms with E-state index in [9.17, 15) is 17.6 Å². The molecule has 0 spiro atoms. The van der Waals surface area contributed by atoms with Gasteiger partial charge in [-0.1, -0.05) is 42.5 Å². The molecule has 2 aromatic carbocycles. The molecule has 1 amide bonds. The van der Waals surface area contributed by atoms with Gasteiger partial charge in [-0.3, -0.25) is 9.69 Å². The third-order valence-electron chi connectivity index (χ3n) is 5.03. The normalized spacial score (nSPS) is 15.6. The molecule has 2 aromatic rings. The SMILES string of the molecule is CS(=O)(=O)N(CC(=O)N1CCN(Cc2ccccc2)CC1)Cc1ccc(F)cc1. The number of nitrogens with zero attached hydrogens (tertiary/aromatic N) is 3. The summed E-state index contributed by atoms with van der Waals surface area (Å²) < 4.78 is 38.5. The molecule has 0 aromatic heterocycles. The standard InChI is InChI=1S/C21H26FN3O3S/c1-29(27,28)25(16-19-7-9-20(22)10-8-19)17-21(26)24-13-11-23(12-14-24)15-18-5-3-2-4-6-18/h2-10H,11-17H2,1H3. The Bertz CT molecular complexity index is 912. The first-order valence-corrected chi connectivity index (χ1v) is 11.4. The minimum Gasteiger partial charge on any atom is -0.339 e. The Hall–Kier alpha value is -2.29. The lowest BCUT2D eigenvalue weighted by Crippen LogP contribution is -2.51. The van der Waals surface area contributed by atoms with Crippen LogP contribution in [0.25, 0.3) is 0 Å². The molecule has 29 heavy (non-hydrogen) atoms. The largest absolute Gasteiger partial charge is 0.339 e. The van der Waals surface area contributed by atoms with Gasteiger partial charge in [-0.2, -0.15) is 4.31 Å². The van der Waals surface area contributed by atoms with Crippen molar-refractivity contribution in [3.05, 3.63) is 71.5 Å². The number of sulfonamides is 1. The van der Waals surface area contributed by atoms with Gasteiger partial charge < -0.3 is 4.90 Å². The molecule has 3 rings (SSSR count). The first-order chi connectivity index (χ1) is 13.8. The highest BCUT2D eigenvalue weighted by atomic mass is 32.2. The number of hydrogen-bond acceptors (Lipinski definition) is 4. The van der Waals surface area contributed by atoms with Gasteiger partial charge in [0, 0.05) is 39.3 Å². The van der Waals surface area contributed by atoms with Crippen molar-refractivity contribution in [1.29, 1.82) is 0 Å². The molecule has 0 saturated carbocycles. The highest BCUT2D eigenvalue weighted by Crippen LogP contribution is 2.12. The molecular weight excluding hydrogens is 393 g/mol. The number of benzene rings is 2. The Balaban J connectivity index is 1.55. The van der Waals surface area contributed by atoms with Crippen LogP contribution in [0, 0.1) is 5.82 Å². The average Bonchev–Trinajstić information content (AvgIpc) is 2.69. The number of hydrogen-bond donors (Lipinski definition) is 0. The van der Waals surface area contributed by atoms with E-state index in [4.69, 9.17) is 0 Å². The molecule has 0 atom stereocenters. The van der Waals surface area contributed by atoms with Crippen molar-refractivity contribution in [2.24, 2.45) is 0 Å². The number of amides is 1. The summed E-state index contributed by atoms with van der Waals surface area (Å²) in [5.74, 6) is -0.596. The first-order valence-electron chi connectivity index (χ1n) is 9.55. The molecule has 0 aliphatic carbocycles. The average molecular weight is 420 g/mol. The fourth-order valence-corrected chi connectivity index (χ4v) is 4.06. The van der Waals surface area contributed by atoms with Gasteiger partial charge in [0.15, 0.2) is 0 Å². The van der Waals surface area contributed by atoms with Crippen LogP contribution in [0.15, 0.2) is 54.6 Å². The summed E-state index contributed by atoms with van der Waals surface area (Å²) in [4.78, 5) is 16.7. The number of halogens is 1. The van der Waals surface area contributed by atoms with Crippen LogP contribution in [0.1, 0.15) is 11.1 Å². The van der Waals surface area contributed by atoms with Gasteiger partial charge in [0.05, 0.1) is 12.8 Å². The Kier molecular flexibility index (Phi) is 7.00. The lowest BCUT2D eigenvalue weighted by atomic mass is 10.2. The number of carbonyl (C=O) groups excluding carboxylic acids is 1. The van der Waals surface area contributed by atoms with E-state index < -0.39 is 10.0 Å². The van der Waals surface area contributed by atoms with Crippen molar-refractivity contribution in [3.8, 4) is 0 Å². The summed E-state index contributed by atoms with van der Waals surface area (Å²) in [5, 5.41) is 0. The lowest BCUT2D eigenvalue weighted by molar-refractivity contribution is -0.133. The van der Waals surface area contributed by atoms with Crippen LogP contribution >= 0.6 is 0 Å². The summed E-state index contributed by atoms with van der Waals surface area (Å²) >= 11 is 0. The Morgan fingerprint density at radius 1 is 0.966 bits per heavy atom. The number of carbonyl (C=O) groups is 1. The second kappa shape index (κ2) is 9.47. The van der Waals surface area contributed by atoms with Gasteiger partial charge in [0.25, 0.3) is 0 Å². The summed E-state index contributed by atoms with van der Waals surface area (Å²) in [6.45, 7) is 3.30. The fourth-order valence-electron chi connectivity index (χ4n) is 3.33. The van der Waals surface area contributed by atoms with Crippen molar-refractivity contribution < 1.29 is 17.6 Å². The second-order valence-electron chi connectivity index (χ2n) is 7.30. The Morgan fingerprint density at radius 2 is 1.59 bits per heavy atom. The summed E-state index contributed by atoms with van der Waals surface area (Å²) in [7, 11) is -3.58. The summed E-state index contributed by atoms with van der Waals surface area (Å²) in [6.07, 6.45) is 1.08. The zero-order valence-electron chi connectivity index (χ0n) is 16.5. The summed E-state index contributed by atoms with van der Waals surface area (Å²) in [6, 6.07) is 15.8. The van der Waals surface area contributed by atoms with Crippen molar-refractivity contribution in [2.45, 2.75) is 13.1 Å². The van der Waals surface area contributed by atoms with E-state index in [2.05, 4.69) is 17.0 Å². The fraction of sp³-hybridized carbons (Fsp3) is 0.381. The van der Waals surface area contributed by atoms with Crippen molar-refractivity contribution in [3.63, 3.8) is 0 Å². The van der Waals surface area contributed by atoms with Gasteiger partial charge in [0.1, 0.15) is 5.82 Å². The molecule has 1 saturated heterocycles. The molecule has 0 N–H and O–H groups in total. The molecule has 1 heterocycles. The van der Waals surface area contributed by atoms with Gasteiger partial charge in [-0.05, 0) is 23.3 Å². The maximum Gasteiger partial charge on any atom is 0.237 e. The quantitative estimate of drug-likeness (QED) is 0.688. The van der Waals surface area contributed by atoms with Crippen LogP contribution in [0.5, 0.6) is 0 Å². The van der Waals surface area contributed by atoms with Crippen LogP contribution in [-0.4, -0.2) is 67.4 Å². The topological polar surface area (TPSA) is 60.9 Å². The minimum atomic E-state index is -3.58. The first kappa shape index (κ1) is 21.4. The molecule has 8 heteroatoms. The second-order valence-corrected chi connectivity index (χ2v) is 9.28. The van der Waals surface area contributed by atoms with Crippen LogP contribution < -0.4 is 0 Å². The van der Waals surface area contributed by atoms with Crippen LogP contribution in [0.4, 0.5) is 4.39 Å². The molecule has 0 radical (unpaired) electrons. The van der Waals surface area contributed by atoms with E-state index in [1.54, 1.807) is 4.90 Å². The van der Waals surface area contributed by atoms with E-state index in [1.165, 1.54) is 29.8 Å². The van der Waals surface area contributed by atoms with Gasteiger partial charge in [-0.15, -0.1) is 0 Å². The van der Waals surface area contributed by atoms with Crippen molar-refractivity contribution >= 4 is 15.9 Å². The highest BCUT2D eigenvalue weighted by Gasteiger charge is 2.26. The molecule has 0 bridgehead atoms. The molecule has 1 aliphatic rings. The molecule has 156 valence electrons. The monoisotopic (exact) mass is 419 g/mol. The Morgan fingerprint density at radius 3 is 2.17 bits per heavy atom. The van der Waals surface area contributed by atoms with Gasteiger partial charge >= 0.3 is 0 Å². The third-order valence-corrected chi connectivity index (χ3v) is 6.22. The predicted molar refractivity (Wildman–Crippen MR) is 110 cm³/mol. The van der Waals surface area contributed by atoms with E-state index in [0.29, 0.717) is 18.7 Å². The van der Waals surface area contributed by atoms with Crippen LogP contribution in [0.3, 0.4) is 0 Å². The van der Waals surface area contributed by atoms with Gasteiger partial charge in [-0.25, -0.2) is 12.8 Å². The zero-order chi connectivity index (χ0) is 20.9. The maximum absolute atomic E-state index is 13.1. The van der Waals surface area contributed by atoms with Crippen molar-refractivity contribution in [2.75, 3.05) is 39.0 Å². The lowest BCUT2D eigenvalue weighted by Gasteiger charge is -2.35. The summed E-state index contributed by atoms with van der Waals surface area (Å²) in [5.41, 5.74) is 1.87. The zero-order valence-corrected chi connectivity index (χ0v) is 17.3. The van der Waals surface area contributed by atoms with E-state index in [0.717, 1.165) is 30.2 Å². The van der Waals surface area contributed by atoms with Gasteiger partial charge in [0.2, 0.25) is 15.9 Å². The maximum atomic E-state index is 13.1. The van der Waals surface area contributed by atoms with Crippen LogP contribution in [0.2, 0.25) is 0 Å². The van der Waals surface area contributed by atoms with Crippen LogP contribution in [-0.2, 0) is 27.9 Å². The van der Waals surface area contributed by atoms with E-state index in [-0.39, 0.29) is 24.8 Å². The predicted octanol–water partition coefficient (Wildman–Crippen LogP) is 1.93. The minimum absolute atomic E-state index is 0.0405.